The van der Waals surface area contributed by atoms with Crippen molar-refractivity contribution in [1.29, 1.82) is 0 Å². The fraction of sp³-hybridized carbons (Fsp3) is 0.100. The van der Waals surface area contributed by atoms with Gasteiger partial charge in [0.1, 0.15) is 5.75 Å². The molecule has 1 aromatic heterocycles. The van der Waals surface area contributed by atoms with Crippen molar-refractivity contribution in [1.82, 2.24) is 0 Å². The number of hydrogen-bond acceptors (Lipinski definition) is 5. The molecule has 2 amide bonds. The zero-order valence-electron chi connectivity index (χ0n) is 14.6. The van der Waals surface area contributed by atoms with E-state index in [1.807, 2.05) is 30.3 Å². The Bertz CT molecular complexity index is 925. The van der Waals surface area contributed by atoms with Crippen LogP contribution in [0.3, 0.4) is 0 Å². The smallest absolute Gasteiger partial charge is 0.291 e. The van der Waals surface area contributed by atoms with Gasteiger partial charge in [0.2, 0.25) is 5.91 Å². The lowest BCUT2D eigenvalue weighted by Gasteiger charge is -2.08. The molecule has 0 spiro atoms. The molecule has 0 saturated heterocycles. The number of rotatable bonds is 7. The van der Waals surface area contributed by atoms with E-state index in [1.165, 1.54) is 18.0 Å². The van der Waals surface area contributed by atoms with E-state index < -0.39 is 0 Å². The number of furan rings is 1. The summed E-state index contributed by atoms with van der Waals surface area (Å²) in [6, 6.07) is 17.7. The molecule has 7 heteroatoms. The van der Waals surface area contributed by atoms with E-state index in [0.29, 0.717) is 17.1 Å². The summed E-state index contributed by atoms with van der Waals surface area (Å²) in [4.78, 5) is 25.0. The van der Waals surface area contributed by atoms with Crippen molar-refractivity contribution >= 4 is 35.0 Å². The summed E-state index contributed by atoms with van der Waals surface area (Å²) >= 11 is 1.38. The molecule has 0 atom stereocenters. The minimum absolute atomic E-state index is 0.127. The molecule has 27 heavy (non-hydrogen) atoms. The Morgan fingerprint density at radius 1 is 1.00 bits per heavy atom. The van der Waals surface area contributed by atoms with Crippen LogP contribution in [0.1, 0.15) is 10.6 Å². The predicted molar refractivity (Wildman–Crippen MR) is 105 cm³/mol. The summed E-state index contributed by atoms with van der Waals surface area (Å²) in [5, 5.41) is 5.59. The van der Waals surface area contributed by atoms with E-state index in [1.54, 1.807) is 37.4 Å². The van der Waals surface area contributed by atoms with Gasteiger partial charge in [-0.15, -0.1) is 11.8 Å². The molecule has 0 aliphatic rings. The van der Waals surface area contributed by atoms with Gasteiger partial charge in [-0.1, -0.05) is 12.1 Å². The molecule has 138 valence electrons. The monoisotopic (exact) mass is 382 g/mol. The zero-order chi connectivity index (χ0) is 19.1. The Kier molecular flexibility index (Phi) is 6.17. The second kappa shape index (κ2) is 8.95. The lowest BCUT2D eigenvalue weighted by atomic mass is 10.3. The number of hydrogen-bond donors (Lipinski definition) is 2. The first-order chi connectivity index (χ1) is 13.1. The molecule has 3 rings (SSSR count). The molecule has 0 unspecified atom stereocenters. The van der Waals surface area contributed by atoms with Crippen LogP contribution in [-0.2, 0) is 4.79 Å². The van der Waals surface area contributed by atoms with Crippen LogP contribution >= 0.6 is 11.8 Å². The highest BCUT2D eigenvalue weighted by Crippen LogP contribution is 2.23. The van der Waals surface area contributed by atoms with Gasteiger partial charge in [-0.3, -0.25) is 9.59 Å². The fourth-order valence-corrected chi connectivity index (χ4v) is 3.07. The van der Waals surface area contributed by atoms with Gasteiger partial charge in [0.15, 0.2) is 5.76 Å². The van der Waals surface area contributed by atoms with Crippen LogP contribution in [-0.4, -0.2) is 24.7 Å². The molecule has 0 radical (unpaired) electrons. The molecule has 0 saturated carbocycles. The highest BCUT2D eigenvalue weighted by atomic mass is 32.2. The lowest BCUT2D eigenvalue weighted by molar-refractivity contribution is -0.113. The Morgan fingerprint density at radius 3 is 2.52 bits per heavy atom. The summed E-state index contributed by atoms with van der Waals surface area (Å²) in [6.07, 6.45) is 1.45. The van der Waals surface area contributed by atoms with Crippen molar-refractivity contribution < 1.29 is 18.7 Å². The summed E-state index contributed by atoms with van der Waals surface area (Å²) in [5.41, 5.74) is 1.31. The van der Waals surface area contributed by atoms with Gasteiger partial charge in [0.25, 0.3) is 5.91 Å². The average molecular weight is 382 g/mol. The summed E-state index contributed by atoms with van der Waals surface area (Å²) in [5.74, 6) is 0.717. The number of anilines is 2. The molecule has 6 nitrogen and oxygen atoms in total. The Hall–Kier alpha value is -3.19. The van der Waals surface area contributed by atoms with E-state index in [2.05, 4.69) is 10.6 Å². The fourth-order valence-electron chi connectivity index (χ4n) is 2.31. The molecule has 0 aliphatic carbocycles. The van der Waals surface area contributed by atoms with Crippen LogP contribution in [0.25, 0.3) is 0 Å². The van der Waals surface area contributed by atoms with Crippen LogP contribution in [0.4, 0.5) is 11.4 Å². The van der Waals surface area contributed by atoms with Crippen molar-refractivity contribution in [2.24, 2.45) is 0 Å². The minimum atomic E-state index is -0.321. The predicted octanol–water partition coefficient (Wildman–Crippen LogP) is 4.27. The lowest BCUT2D eigenvalue weighted by Crippen LogP contribution is -2.14. The van der Waals surface area contributed by atoms with Crippen LogP contribution in [0, 0.1) is 0 Å². The van der Waals surface area contributed by atoms with E-state index in [9.17, 15) is 9.59 Å². The molecule has 2 N–H and O–H groups in total. The number of methoxy groups -OCH3 is 1. The van der Waals surface area contributed by atoms with E-state index in [0.717, 1.165) is 4.90 Å². The Labute approximate surface area is 160 Å². The van der Waals surface area contributed by atoms with Gasteiger partial charge in [0, 0.05) is 22.3 Å². The molecular weight excluding hydrogens is 364 g/mol. The van der Waals surface area contributed by atoms with Crippen molar-refractivity contribution in [3.05, 3.63) is 72.7 Å². The summed E-state index contributed by atoms with van der Waals surface area (Å²) in [6.45, 7) is 0. The third-order valence-corrected chi connectivity index (χ3v) is 4.55. The summed E-state index contributed by atoms with van der Waals surface area (Å²) < 4.78 is 10.2. The maximum Gasteiger partial charge on any atom is 0.291 e. The molecule has 0 aliphatic heterocycles. The second-order valence-electron chi connectivity index (χ2n) is 5.53. The zero-order valence-corrected chi connectivity index (χ0v) is 15.4. The van der Waals surface area contributed by atoms with Gasteiger partial charge in [-0.25, -0.2) is 0 Å². The van der Waals surface area contributed by atoms with Crippen molar-refractivity contribution in [2.45, 2.75) is 4.90 Å². The molecule has 3 aromatic rings. The highest BCUT2D eigenvalue weighted by Gasteiger charge is 2.10. The first kappa shape index (κ1) is 18.6. The van der Waals surface area contributed by atoms with Gasteiger partial charge in [0.05, 0.1) is 19.1 Å². The van der Waals surface area contributed by atoms with Crippen LogP contribution in [0.5, 0.6) is 5.75 Å². The number of carbonyl (C=O) groups is 2. The SMILES string of the molecule is COc1cccc(NC(=O)CSc2cccc(NC(=O)c3ccco3)c2)c1. The van der Waals surface area contributed by atoms with E-state index >= 15 is 0 Å². The maximum absolute atomic E-state index is 12.1. The van der Waals surface area contributed by atoms with Gasteiger partial charge in [-0.2, -0.15) is 0 Å². The quantitative estimate of drug-likeness (QED) is 0.597. The minimum Gasteiger partial charge on any atom is -0.497 e. The maximum atomic E-state index is 12.1. The Balaban J connectivity index is 1.54. The normalized spacial score (nSPS) is 10.3. The van der Waals surface area contributed by atoms with Crippen LogP contribution in [0.2, 0.25) is 0 Å². The molecule has 2 aromatic carbocycles. The molecule has 0 bridgehead atoms. The van der Waals surface area contributed by atoms with E-state index in [-0.39, 0.29) is 23.3 Å². The first-order valence-electron chi connectivity index (χ1n) is 8.15. The number of carbonyl (C=O) groups excluding carboxylic acids is 2. The number of thioether (sulfide) groups is 1. The largest absolute Gasteiger partial charge is 0.497 e. The molecule has 0 fully saturated rings. The standard InChI is InChI=1S/C20H18N2O4S/c1-25-16-7-2-5-14(11-16)21-19(23)13-27-17-8-3-6-15(12-17)22-20(24)18-9-4-10-26-18/h2-12H,13H2,1H3,(H,21,23)(H,22,24). The van der Waals surface area contributed by atoms with Crippen molar-refractivity contribution in [3.63, 3.8) is 0 Å². The summed E-state index contributed by atoms with van der Waals surface area (Å²) in [7, 11) is 1.58. The number of nitrogens with one attached hydrogen (secondary N) is 2. The third kappa shape index (κ3) is 5.39. The molecule has 1 heterocycles. The Morgan fingerprint density at radius 2 is 1.78 bits per heavy atom. The number of ether oxygens (including phenoxy) is 1. The average Bonchev–Trinajstić information content (AvgIpc) is 3.22. The van der Waals surface area contributed by atoms with Gasteiger partial charge in [-0.05, 0) is 42.5 Å². The first-order valence-corrected chi connectivity index (χ1v) is 9.14. The topological polar surface area (TPSA) is 80.6 Å². The van der Waals surface area contributed by atoms with Gasteiger partial charge >= 0.3 is 0 Å². The van der Waals surface area contributed by atoms with Crippen LogP contribution in [0.15, 0.2) is 76.2 Å². The second-order valence-corrected chi connectivity index (χ2v) is 6.58. The van der Waals surface area contributed by atoms with Crippen molar-refractivity contribution in [2.75, 3.05) is 23.5 Å². The number of amides is 2. The number of benzene rings is 2. The van der Waals surface area contributed by atoms with Crippen molar-refractivity contribution in [3.8, 4) is 5.75 Å². The molecular formula is C20H18N2O4S. The highest BCUT2D eigenvalue weighted by molar-refractivity contribution is 8.00. The van der Waals surface area contributed by atoms with Crippen LogP contribution < -0.4 is 15.4 Å². The van der Waals surface area contributed by atoms with E-state index in [4.69, 9.17) is 9.15 Å². The third-order valence-electron chi connectivity index (χ3n) is 3.56. The van der Waals surface area contributed by atoms with Gasteiger partial charge < -0.3 is 19.8 Å².